The van der Waals surface area contributed by atoms with Gasteiger partial charge in [0.15, 0.2) is 10.9 Å². The fourth-order valence-electron chi connectivity index (χ4n) is 2.93. The van der Waals surface area contributed by atoms with Gasteiger partial charge in [-0.25, -0.2) is 4.98 Å². The molecule has 2 N–H and O–H groups in total. The normalized spacial score (nSPS) is 14.4. The molecular formula is C18H19F3N4O2S. The Morgan fingerprint density at radius 1 is 1.29 bits per heavy atom. The number of hydrogen-bond donors (Lipinski definition) is 2. The highest BCUT2D eigenvalue weighted by atomic mass is 32.2. The third-order valence-corrected chi connectivity index (χ3v) is 5.18. The molecular weight excluding hydrogens is 393 g/mol. The minimum Gasteiger partial charge on any atom is -0.372 e. The van der Waals surface area contributed by atoms with Crippen molar-refractivity contribution in [3.05, 3.63) is 45.9 Å². The Balaban J connectivity index is 1.62. The first-order chi connectivity index (χ1) is 13.2. The number of carbonyl (C=O) groups excluding carboxylic acids is 1. The van der Waals surface area contributed by atoms with E-state index in [1.807, 2.05) is 25.1 Å². The van der Waals surface area contributed by atoms with Crippen LogP contribution in [0.25, 0.3) is 0 Å². The fraction of sp³-hybridized carbons (Fsp3) is 0.389. The average molecular weight is 412 g/mol. The number of aryl methyl sites for hydroxylation is 1. The van der Waals surface area contributed by atoms with Crippen LogP contribution in [0.15, 0.2) is 34.2 Å². The number of rotatable bonds is 5. The second-order valence-electron chi connectivity index (χ2n) is 6.46. The Labute approximate surface area is 163 Å². The SMILES string of the molecule is Cc1cc(N2CCCC2)ccc1NC(=O)CSc1nc(C(F)(F)F)cc(=O)[nH]1. The Hall–Kier alpha value is -2.49. The van der Waals surface area contributed by atoms with Gasteiger partial charge in [-0.3, -0.25) is 9.59 Å². The summed E-state index contributed by atoms with van der Waals surface area (Å²) in [4.78, 5) is 31.4. The molecule has 3 rings (SSSR count). The van der Waals surface area contributed by atoms with Gasteiger partial charge in [-0.2, -0.15) is 13.2 Å². The van der Waals surface area contributed by atoms with E-state index < -0.39 is 23.3 Å². The molecule has 2 aromatic rings. The molecule has 1 amide bonds. The number of aromatic nitrogens is 2. The molecule has 0 unspecified atom stereocenters. The number of alkyl halides is 3. The van der Waals surface area contributed by atoms with Crippen molar-refractivity contribution in [2.75, 3.05) is 29.1 Å². The summed E-state index contributed by atoms with van der Waals surface area (Å²) in [5, 5.41) is 2.48. The number of hydrogen-bond acceptors (Lipinski definition) is 5. The number of nitrogens with one attached hydrogen (secondary N) is 2. The highest BCUT2D eigenvalue weighted by Gasteiger charge is 2.33. The van der Waals surface area contributed by atoms with E-state index in [1.165, 1.54) is 12.8 Å². The highest BCUT2D eigenvalue weighted by molar-refractivity contribution is 7.99. The van der Waals surface area contributed by atoms with Crippen molar-refractivity contribution in [1.29, 1.82) is 0 Å². The largest absolute Gasteiger partial charge is 0.433 e. The minimum atomic E-state index is -4.72. The number of halogens is 3. The molecule has 150 valence electrons. The quantitative estimate of drug-likeness (QED) is 0.581. The van der Waals surface area contributed by atoms with Crippen LogP contribution in [-0.2, 0) is 11.0 Å². The van der Waals surface area contributed by atoms with Gasteiger partial charge in [0.1, 0.15) is 0 Å². The number of carbonyl (C=O) groups is 1. The maximum absolute atomic E-state index is 12.7. The number of amides is 1. The van der Waals surface area contributed by atoms with Crippen LogP contribution in [0.3, 0.4) is 0 Å². The van der Waals surface area contributed by atoms with Crippen LogP contribution in [0.5, 0.6) is 0 Å². The predicted octanol–water partition coefficient (Wildman–Crippen LogP) is 3.43. The summed E-state index contributed by atoms with van der Waals surface area (Å²) in [5.74, 6) is -0.584. The van der Waals surface area contributed by atoms with Crippen molar-refractivity contribution in [3.63, 3.8) is 0 Å². The fourth-order valence-corrected chi connectivity index (χ4v) is 3.60. The van der Waals surface area contributed by atoms with Gasteiger partial charge in [0.25, 0.3) is 5.56 Å². The van der Waals surface area contributed by atoms with Gasteiger partial charge in [0.05, 0.1) is 5.75 Å². The summed E-state index contributed by atoms with van der Waals surface area (Å²) in [7, 11) is 0. The number of H-pyrrole nitrogens is 1. The van der Waals surface area contributed by atoms with E-state index >= 15 is 0 Å². The topological polar surface area (TPSA) is 78.1 Å². The third kappa shape index (κ3) is 5.06. The Morgan fingerprint density at radius 2 is 2.00 bits per heavy atom. The Bertz CT molecular complexity index is 924. The van der Waals surface area contributed by atoms with E-state index in [2.05, 4.69) is 20.2 Å². The van der Waals surface area contributed by atoms with Crippen LogP contribution in [0.4, 0.5) is 24.5 Å². The summed E-state index contributed by atoms with van der Waals surface area (Å²) < 4.78 is 38.1. The van der Waals surface area contributed by atoms with Gasteiger partial charge in [0.2, 0.25) is 5.91 Å². The Morgan fingerprint density at radius 3 is 2.64 bits per heavy atom. The lowest BCUT2D eigenvalue weighted by Gasteiger charge is -2.19. The molecule has 1 aromatic carbocycles. The molecule has 2 heterocycles. The van der Waals surface area contributed by atoms with E-state index in [1.54, 1.807) is 0 Å². The molecule has 0 aliphatic carbocycles. The van der Waals surface area contributed by atoms with Gasteiger partial charge in [-0.05, 0) is 43.5 Å². The van der Waals surface area contributed by atoms with Crippen LogP contribution in [0, 0.1) is 6.92 Å². The van der Waals surface area contributed by atoms with E-state index in [0.29, 0.717) is 11.8 Å². The summed E-state index contributed by atoms with van der Waals surface area (Å²) >= 11 is 0.735. The molecule has 0 saturated carbocycles. The number of anilines is 2. The maximum Gasteiger partial charge on any atom is 0.433 e. The van der Waals surface area contributed by atoms with Crippen LogP contribution >= 0.6 is 11.8 Å². The van der Waals surface area contributed by atoms with Gasteiger partial charge >= 0.3 is 6.18 Å². The lowest BCUT2D eigenvalue weighted by atomic mass is 10.1. The lowest BCUT2D eigenvalue weighted by molar-refractivity contribution is -0.141. The van der Waals surface area contributed by atoms with Crippen LogP contribution in [0.2, 0.25) is 0 Å². The molecule has 10 heteroatoms. The number of thioether (sulfide) groups is 1. The van der Waals surface area contributed by atoms with Crippen molar-refractivity contribution in [3.8, 4) is 0 Å². The second-order valence-corrected chi connectivity index (χ2v) is 7.43. The summed E-state index contributed by atoms with van der Waals surface area (Å²) in [6.07, 6.45) is -2.39. The van der Waals surface area contributed by atoms with Crippen LogP contribution < -0.4 is 15.8 Å². The van der Waals surface area contributed by atoms with Gasteiger partial charge < -0.3 is 15.2 Å². The average Bonchev–Trinajstić information content (AvgIpc) is 3.15. The molecule has 0 atom stereocenters. The van der Waals surface area contributed by atoms with Gasteiger partial charge in [0, 0.05) is 30.5 Å². The summed E-state index contributed by atoms with van der Waals surface area (Å²) in [6.45, 7) is 3.92. The Kier molecular flexibility index (Phi) is 5.97. The molecule has 1 fully saturated rings. The lowest BCUT2D eigenvalue weighted by Crippen LogP contribution is -2.19. The summed E-state index contributed by atoms with van der Waals surface area (Å²) in [5.41, 5.74) is 0.437. The van der Waals surface area contributed by atoms with Crippen molar-refractivity contribution >= 4 is 29.0 Å². The monoisotopic (exact) mass is 412 g/mol. The molecule has 28 heavy (non-hydrogen) atoms. The number of nitrogens with zero attached hydrogens (tertiary/aromatic N) is 2. The molecule has 1 saturated heterocycles. The van der Waals surface area contributed by atoms with Crippen molar-refractivity contribution in [2.45, 2.75) is 31.1 Å². The molecule has 1 aliphatic heterocycles. The first-order valence-corrected chi connectivity index (χ1v) is 9.68. The first kappa shape index (κ1) is 20.2. The van der Waals surface area contributed by atoms with Gasteiger partial charge in [-0.15, -0.1) is 0 Å². The van der Waals surface area contributed by atoms with Crippen LogP contribution in [-0.4, -0.2) is 34.7 Å². The second kappa shape index (κ2) is 8.26. The zero-order valence-electron chi connectivity index (χ0n) is 15.1. The number of aromatic amines is 1. The maximum atomic E-state index is 12.7. The minimum absolute atomic E-state index is 0.183. The highest BCUT2D eigenvalue weighted by Crippen LogP contribution is 2.28. The van der Waals surface area contributed by atoms with Crippen molar-refractivity contribution < 1.29 is 18.0 Å². The molecule has 0 radical (unpaired) electrons. The van der Waals surface area contributed by atoms with Gasteiger partial charge in [-0.1, -0.05) is 11.8 Å². The van der Waals surface area contributed by atoms with E-state index in [-0.39, 0.29) is 10.9 Å². The predicted molar refractivity (Wildman–Crippen MR) is 102 cm³/mol. The molecule has 0 bridgehead atoms. The zero-order chi connectivity index (χ0) is 20.3. The van der Waals surface area contributed by atoms with E-state index in [0.717, 1.165) is 36.1 Å². The van der Waals surface area contributed by atoms with Crippen LogP contribution in [0.1, 0.15) is 24.1 Å². The number of benzene rings is 1. The molecule has 1 aromatic heterocycles. The van der Waals surface area contributed by atoms with E-state index in [9.17, 15) is 22.8 Å². The zero-order valence-corrected chi connectivity index (χ0v) is 15.9. The smallest absolute Gasteiger partial charge is 0.372 e. The molecule has 0 spiro atoms. The van der Waals surface area contributed by atoms with Crippen molar-refractivity contribution in [2.24, 2.45) is 0 Å². The third-order valence-electron chi connectivity index (χ3n) is 4.31. The van der Waals surface area contributed by atoms with E-state index in [4.69, 9.17) is 0 Å². The summed E-state index contributed by atoms with van der Waals surface area (Å²) in [6, 6.07) is 6.14. The molecule has 6 nitrogen and oxygen atoms in total. The first-order valence-electron chi connectivity index (χ1n) is 8.69. The van der Waals surface area contributed by atoms with Crippen molar-refractivity contribution in [1.82, 2.24) is 9.97 Å². The standard InChI is InChI=1S/C18H19F3N4O2S/c1-11-8-12(25-6-2-3-7-25)4-5-13(11)22-16(27)10-28-17-23-14(18(19,20)21)9-15(26)24-17/h4-5,8-9H,2-3,6-7,10H2,1H3,(H,22,27)(H,23,24,26). The molecule has 1 aliphatic rings.